The van der Waals surface area contributed by atoms with Crippen molar-refractivity contribution in [2.75, 3.05) is 6.54 Å². The number of aliphatic hydroxyl groups excluding tert-OH is 1. The van der Waals surface area contributed by atoms with Gasteiger partial charge in [0.05, 0.1) is 17.8 Å². The first kappa shape index (κ1) is 20.9. The van der Waals surface area contributed by atoms with Gasteiger partial charge in [-0.3, -0.25) is 0 Å². The predicted octanol–water partition coefficient (Wildman–Crippen LogP) is 5.39. The Balaban J connectivity index is 1.28. The van der Waals surface area contributed by atoms with Crippen molar-refractivity contribution in [2.45, 2.75) is 109 Å². The summed E-state index contributed by atoms with van der Waals surface area (Å²) in [6, 6.07) is 0.549. The smallest absolute Gasteiger partial charge is 0.0765 e. The molecule has 3 heteroatoms. The minimum absolute atomic E-state index is 0.0534. The van der Waals surface area contributed by atoms with Gasteiger partial charge in [0, 0.05) is 12.0 Å². The standard InChI is InChI=1S/C28H43NO2/c1-16-11-25-26(29-15-16)18(3)28(31-25)10-8-21-22-6-5-19-12-20(30)7-9-27(19,4)24(22)13-23(21)17(2)14-28/h5,16,18,20-22,24-26,29-30H,6-15H2,1-4H3/t16-,18?,20-,21-,22-,24-,25+,26-,27-,28-/m0/s1. The van der Waals surface area contributed by atoms with E-state index in [0.717, 1.165) is 49.5 Å². The first-order chi connectivity index (χ1) is 14.8. The highest BCUT2D eigenvalue weighted by molar-refractivity contribution is 5.33. The van der Waals surface area contributed by atoms with Crippen molar-refractivity contribution in [3.63, 3.8) is 0 Å². The normalized spacial score (nSPS) is 54.0. The van der Waals surface area contributed by atoms with Gasteiger partial charge in [-0.2, -0.15) is 0 Å². The van der Waals surface area contributed by atoms with Crippen molar-refractivity contribution >= 4 is 0 Å². The van der Waals surface area contributed by atoms with E-state index < -0.39 is 0 Å². The Morgan fingerprint density at radius 2 is 2.00 bits per heavy atom. The zero-order valence-electron chi connectivity index (χ0n) is 20.1. The molecule has 2 heterocycles. The number of fused-ring (bicyclic) bond motifs is 6. The summed E-state index contributed by atoms with van der Waals surface area (Å²) in [7, 11) is 0. The van der Waals surface area contributed by atoms with Crippen LogP contribution in [-0.2, 0) is 4.74 Å². The maximum Gasteiger partial charge on any atom is 0.0765 e. The SMILES string of the molecule is CC1=C2C[C@H]3[C@@H](CC=C4C[C@@H](O)CC[C@@]43C)[C@@H]2CC[C@@]2(C1)O[C@@H]1C[C@H](C)CN[C@H]1C2C. The van der Waals surface area contributed by atoms with Crippen LogP contribution < -0.4 is 5.32 Å². The molecule has 4 fully saturated rings. The molecule has 31 heavy (non-hydrogen) atoms. The molecule has 0 aromatic heterocycles. The van der Waals surface area contributed by atoms with Gasteiger partial charge in [0.1, 0.15) is 0 Å². The molecular formula is C28H43NO2. The molecule has 0 radical (unpaired) electrons. The van der Waals surface area contributed by atoms with Gasteiger partial charge in [-0.25, -0.2) is 0 Å². The summed E-state index contributed by atoms with van der Waals surface area (Å²) in [4.78, 5) is 0. The molecule has 6 rings (SSSR count). The molecule has 2 saturated heterocycles. The predicted molar refractivity (Wildman–Crippen MR) is 125 cm³/mol. The summed E-state index contributed by atoms with van der Waals surface area (Å²) in [6.45, 7) is 11.0. The number of ether oxygens (including phenoxy) is 1. The highest BCUT2D eigenvalue weighted by Crippen LogP contribution is 2.63. The molecule has 10 atom stereocenters. The summed E-state index contributed by atoms with van der Waals surface area (Å²) in [5, 5.41) is 14.1. The van der Waals surface area contributed by atoms with Crippen molar-refractivity contribution in [1.82, 2.24) is 5.32 Å². The summed E-state index contributed by atoms with van der Waals surface area (Å²) in [6.07, 6.45) is 13.4. The molecule has 1 spiro atoms. The largest absolute Gasteiger partial charge is 0.393 e. The number of nitrogens with one attached hydrogen (secondary N) is 1. The van der Waals surface area contributed by atoms with Crippen molar-refractivity contribution in [2.24, 2.45) is 35.0 Å². The first-order valence-electron chi connectivity index (χ1n) is 13.3. The highest BCUT2D eigenvalue weighted by atomic mass is 16.5. The second kappa shape index (κ2) is 7.18. The fraction of sp³-hybridized carbons (Fsp3) is 0.857. The lowest BCUT2D eigenvalue weighted by Crippen LogP contribution is -2.48. The average molecular weight is 426 g/mol. The molecule has 0 bridgehead atoms. The van der Waals surface area contributed by atoms with Gasteiger partial charge in [-0.1, -0.05) is 43.6 Å². The van der Waals surface area contributed by atoms with E-state index >= 15 is 0 Å². The third kappa shape index (κ3) is 3.02. The molecule has 0 amide bonds. The van der Waals surface area contributed by atoms with E-state index in [1.165, 1.54) is 38.5 Å². The maximum atomic E-state index is 10.3. The first-order valence-corrected chi connectivity index (χ1v) is 13.3. The van der Waals surface area contributed by atoms with Gasteiger partial charge in [-0.05, 0) is 100 Å². The minimum Gasteiger partial charge on any atom is -0.393 e. The van der Waals surface area contributed by atoms with Crippen molar-refractivity contribution in [3.8, 4) is 0 Å². The van der Waals surface area contributed by atoms with E-state index in [1.807, 2.05) is 0 Å². The third-order valence-electron chi connectivity index (χ3n) is 11.0. The van der Waals surface area contributed by atoms with Crippen LogP contribution in [0, 0.1) is 35.0 Å². The molecular weight excluding hydrogens is 382 g/mol. The Bertz CT molecular complexity index is 816. The quantitative estimate of drug-likeness (QED) is 0.511. The number of piperidine rings is 1. The average Bonchev–Trinajstić information content (AvgIpc) is 3.19. The molecule has 0 aromatic rings. The van der Waals surface area contributed by atoms with E-state index in [-0.39, 0.29) is 11.7 Å². The molecule has 2 aliphatic heterocycles. The molecule has 172 valence electrons. The summed E-state index contributed by atoms with van der Waals surface area (Å²) >= 11 is 0. The Hall–Kier alpha value is -0.640. The Kier molecular flexibility index (Phi) is 4.85. The Morgan fingerprint density at radius 3 is 2.84 bits per heavy atom. The van der Waals surface area contributed by atoms with E-state index in [1.54, 1.807) is 16.7 Å². The monoisotopic (exact) mass is 425 g/mol. The lowest BCUT2D eigenvalue weighted by atomic mass is 9.56. The van der Waals surface area contributed by atoms with E-state index in [9.17, 15) is 5.11 Å². The van der Waals surface area contributed by atoms with Gasteiger partial charge in [-0.15, -0.1) is 0 Å². The summed E-state index contributed by atoms with van der Waals surface area (Å²) < 4.78 is 7.01. The van der Waals surface area contributed by atoms with E-state index in [2.05, 4.69) is 39.1 Å². The number of hydrogen-bond acceptors (Lipinski definition) is 3. The molecule has 2 saturated carbocycles. The van der Waals surface area contributed by atoms with Gasteiger partial charge >= 0.3 is 0 Å². The second-order valence-corrected chi connectivity index (χ2v) is 12.7. The zero-order valence-corrected chi connectivity index (χ0v) is 20.1. The Morgan fingerprint density at radius 1 is 1.16 bits per heavy atom. The molecule has 0 aromatic carbocycles. The number of aliphatic hydroxyl groups is 1. The molecule has 6 aliphatic rings. The van der Waals surface area contributed by atoms with Gasteiger partial charge < -0.3 is 15.2 Å². The number of rotatable bonds is 0. The fourth-order valence-electron chi connectivity index (χ4n) is 9.21. The molecule has 4 aliphatic carbocycles. The van der Waals surface area contributed by atoms with E-state index in [4.69, 9.17) is 4.74 Å². The number of allylic oxidation sites excluding steroid dienone is 2. The van der Waals surface area contributed by atoms with Crippen molar-refractivity contribution < 1.29 is 9.84 Å². The van der Waals surface area contributed by atoms with Crippen LogP contribution in [0.15, 0.2) is 22.8 Å². The molecule has 2 N–H and O–H groups in total. The second-order valence-electron chi connectivity index (χ2n) is 12.7. The minimum atomic E-state index is -0.107. The van der Waals surface area contributed by atoms with Crippen LogP contribution in [0.2, 0.25) is 0 Å². The fourth-order valence-corrected chi connectivity index (χ4v) is 9.21. The van der Waals surface area contributed by atoms with Crippen molar-refractivity contribution in [1.29, 1.82) is 0 Å². The van der Waals surface area contributed by atoms with Gasteiger partial charge in [0.2, 0.25) is 0 Å². The summed E-state index contributed by atoms with van der Waals surface area (Å²) in [5.41, 5.74) is 5.43. The molecule has 3 nitrogen and oxygen atoms in total. The lowest BCUT2D eigenvalue weighted by molar-refractivity contribution is -0.0720. The van der Waals surface area contributed by atoms with Crippen LogP contribution in [0.1, 0.15) is 85.5 Å². The van der Waals surface area contributed by atoms with Gasteiger partial charge in [0.25, 0.3) is 0 Å². The third-order valence-corrected chi connectivity index (χ3v) is 11.0. The van der Waals surface area contributed by atoms with Crippen LogP contribution in [0.3, 0.4) is 0 Å². The zero-order chi connectivity index (χ0) is 21.5. The lowest BCUT2D eigenvalue weighted by Gasteiger charge is -2.49. The van der Waals surface area contributed by atoms with Crippen LogP contribution in [0.25, 0.3) is 0 Å². The van der Waals surface area contributed by atoms with Crippen LogP contribution >= 0.6 is 0 Å². The van der Waals surface area contributed by atoms with Crippen LogP contribution in [0.5, 0.6) is 0 Å². The maximum absolute atomic E-state index is 10.3. The van der Waals surface area contributed by atoms with Crippen LogP contribution in [-0.4, -0.2) is 35.5 Å². The topological polar surface area (TPSA) is 41.5 Å². The Labute approximate surface area is 189 Å². The number of hydrogen-bond donors (Lipinski definition) is 2. The van der Waals surface area contributed by atoms with Gasteiger partial charge in [0.15, 0.2) is 0 Å². The highest BCUT2D eigenvalue weighted by Gasteiger charge is 2.58. The summed E-state index contributed by atoms with van der Waals surface area (Å²) in [5.74, 6) is 3.69. The van der Waals surface area contributed by atoms with E-state index in [0.29, 0.717) is 23.5 Å². The van der Waals surface area contributed by atoms with Crippen LogP contribution in [0.4, 0.5) is 0 Å². The molecule has 1 unspecified atom stereocenters. The van der Waals surface area contributed by atoms with Crippen molar-refractivity contribution in [3.05, 3.63) is 22.8 Å².